The minimum absolute atomic E-state index is 0.106. The van der Waals surface area contributed by atoms with Gasteiger partial charge in [0.2, 0.25) is 5.91 Å². The predicted octanol–water partition coefficient (Wildman–Crippen LogP) is 1.62. The highest BCUT2D eigenvalue weighted by Crippen LogP contribution is 2.30. The monoisotopic (exact) mass is 271 g/mol. The van der Waals surface area contributed by atoms with Gasteiger partial charge in [-0.05, 0) is 25.5 Å². The molecule has 0 bridgehead atoms. The third-order valence-corrected chi connectivity index (χ3v) is 3.99. The minimum Gasteiger partial charge on any atom is -0.334 e. The van der Waals surface area contributed by atoms with Crippen LogP contribution in [0, 0.1) is 0 Å². The second kappa shape index (κ2) is 4.74. The number of fused-ring (bicyclic) bond motifs is 1. The lowest BCUT2D eigenvalue weighted by Crippen LogP contribution is -2.33. The number of aryl methyl sites for hydroxylation is 1. The average Bonchev–Trinajstić information content (AvgIpc) is 2.83. The van der Waals surface area contributed by atoms with Gasteiger partial charge < -0.3 is 9.47 Å². The highest BCUT2D eigenvalue weighted by Gasteiger charge is 2.33. The van der Waals surface area contributed by atoms with Crippen molar-refractivity contribution in [2.75, 3.05) is 6.54 Å². The molecule has 0 radical (unpaired) electrons. The first-order chi connectivity index (χ1) is 9.63. The molecule has 0 N–H and O–H groups in total. The maximum absolute atomic E-state index is 12.5. The largest absolute Gasteiger partial charge is 0.334 e. The molecule has 0 aliphatic carbocycles. The Balaban J connectivity index is 2.20. The van der Waals surface area contributed by atoms with Crippen LogP contribution in [0.25, 0.3) is 11.0 Å². The van der Waals surface area contributed by atoms with Crippen molar-refractivity contribution < 1.29 is 4.79 Å². The fourth-order valence-corrected chi connectivity index (χ4v) is 2.93. The van der Waals surface area contributed by atoms with Crippen LogP contribution in [-0.2, 0) is 11.8 Å². The lowest BCUT2D eigenvalue weighted by molar-refractivity contribution is -0.128. The van der Waals surface area contributed by atoms with E-state index in [1.807, 2.05) is 31.2 Å². The summed E-state index contributed by atoms with van der Waals surface area (Å²) in [6.07, 6.45) is 1.17. The van der Waals surface area contributed by atoms with Gasteiger partial charge in [-0.2, -0.15) is 0 Å². The summed E-state index contributed by atoms with van der Waals surface area (Å²) in [6.45, 7) is 2.54. The van der Waals surface area contributed by atoms with Gasteiger partial charge in [-0.3, -0.25) is 9.59 Å². The zero-order valence-corrected chi connectivity index (χ0v) is 11.7. The Morgan fingerprint density at radius 2 is 2.05 bits per heavy atom. The van der Waals surface area contributed by atoms with Gasteiger partial charge in [0, 0.05) is 20.0 Å². The number of aromatic nitrogens is 2. The van der Waals surface area contributed by atoms with Crippen molar-refractivity contribution in [2.24, 2.45) is 7.05 Å². The Bertz CT molecular complexity index is 735. The maximum atomic E-state index is 12.5. The molecule has 0 saturated carbocycles. The van der Waals surface area contributed by atoms with Gasteiger partial charge in [0.15, 0.2) is 0 Å². The molecule has 1 amide bonds. The third kappa shape index (κ3) is 1.81. The Morgan fingerprint density at radius 3 is 2.80 bits per heavy atom. The van der Waals surface area contributed by atoms with Crippen molar-refractivity contribution >= 4 is 16.9 Å². The van der Waals surface area contributed by atoms with E-state index in [0.717, 1.165) is 11.0 Å². The van der Waals surface area contributed by atoms with Crippen molar-refractivity contribution in [1.29, 1.82) is 0 Å². The minimum atomic E-state index is -0.184. The van der Waals surface area contributed by atoms with Crippen LogP contribution in [0.2, 0.25) is 0 Å². The van der Waals surface area contributed by atoms with Gasteiger partial charge in [0.1, 0.15) is 5.69 Å². The second-order valence-corrected chi connectivity index (χ2v) is 5.08. The van der Waals surface area contributed by atoms with Crippen LogP contribution in [0.5, 0.6) is 0 Å². The van der Waals surface area contributed by atoms with Crippen molar-refractivity contribution in [1.82, 2.24) is 14.5 Å². The van der Waals surface area contributed by atoms with E-state index < -0.39 is 0 Å². The molecule has 1 aromatic carbocycles. The molecule has 5 nitrogen and oxygen atoms in total. The topological polar surface area (TPSA) is 55.2 Å². The van der Waals surface area contributed by atoms with Gasteiger partial charge in [-0.15, -0.1) is 0 Å². The zero-order chi connectivity index (χ0) is 14.3. The van der Waals surface area contributed by atoms with Gasteiger partial charge >= 0.3 is 0 Å². The van der Waals surface area contributed by atoms with Crippen LogP contribution >= 0.6 is 0 Å². The van der Waals surface area contributed by atoms with E-state index in [1.54, 1.807) is 16.5 Å². The van der Waals surface area contributed by atoms with Gasteiger partial charge in [-0.25, -0.2) is 4.98 Å². The summed E-state index contributed by atoms with van der Waals surface area (Å²) in [6, 6.07) is 7.38. The molecular formula is C15H17N3O2. The van der Waals surface area contributed by atoms with E-state index in [1.165, 1.54) is 0 Å². The first-order valence-electron chi connectivity index (χ1n) is 6.88. The lowest BCUT2D eigenvalue weighted by atomic mass is 10.1. The summed E-state index contributed by atoms with van der Waals surface area (Å²) in [5, 5.41) is 0. The fourth-order valence-electron chi connectivity index (χ4n) is 2.93. The first-order valence-corrected chi connectivity index (χ1v) is 6.88. The molecule has 0 unspecified atom stereocenters. The first kappa shape index (κ1) is 12.8. The number of benzene rings is 1. The van der Waals surface area contributed by atoms with Crippen LogP contribution < -0.4 is 5.56 Å². The van der Waals surface area contributed by atoms with Gasteiger partial charge in [0.25, 0.3) is 5.56 Å². The number of hydrogen-bond donors (Lipinski definition) is 0. The quantitative estimate of drug-likeness (QED) is 0.834. The van der Waals surface area contributed by atoms with Crippen LogP contribution in [0.1, 0.15) is 31.5 Å². The summed E-state index contributed by atoms with van der Waals surface area (Å²) in [5.41, 5.74) is 1.98. The van der Waals surface area contributed by atoms with Gasteiger partial charge in [0.05, 0.1) is 17.1 Å². The molecule has 5 heteroatoms. The molecule has 1 atom stereocenters. The van der Waals surface area contributed by atoms with Crippen molar-refractivity contribution in [3.8, 4) is 0 Å². The molecular weight excluding hydrogens is 254 g/mol. The Kier molecular flexibility index (Phi) is 3.04. The molecule has 0 spiro atoms. The molecule has 2 aromatic rings. The number of carbonyl (C=O) groups is 1. The highest BCUT2D eigenvalue weighted by atomic mass is 16.2. The summed E-state index contributed by atoms with van der Waals surface area (Å²) in [7, 11) is 1.75. The van der Waals surface area contributed by atoms with Gasteiger partial charge in [-0.1, -0.05) is 12.1 Å². The molecule has 1 fully saturated rings. The lowest BCUT2D eigenvalue weighted by Gasteiger charge is -2.22. The molecule has 1 saturated heterocycles. The van der Waals surface area contributed by atoms with Crippen molar-refractivity contribution in [2.45, 2.75) is 25.8 Å². The average molecular weight is 271 g/mol. The van der Waals surface area contributed by atoms with E-state index in [0.29, 0.717) is 25.1 Å². The molecule has 2 heterocycles. The van der Waals surface area contributed by atoms with E-state index in [2.05, 4.69) is 4.98 Å². The Hall–Kier alpha value is -2.17. The third-order valence-electron chi connectivity index (χ3n) is 3.99. The Labute approximate surface area is 116 Å². The standard InChI is InChI=1S/C15H17N3O2/c1-3-18-12(8-9-13(18)19)14-15(20)17(2)11-7-5-4-6-10(11)16-14/h4-7,12H,3,8-9H2,1-2H3/t12-/m1/s1. The molecule has 1 aliphatic rings. The number of carbonyl (C=O) groups excluding carboxylic acids is 1. The fraction of sp³-hybridized carbons (Fsp3) is 0.400. The number of likely N-dealkylation sites (tertiary alicyclic amines) is 1. The molecule has 1 aromatic heterocycles. The molecule has 1 aliphatic heterocycles. The number of amides is 1. The SMILES string of the molecule is CCN1C(=O)CC[C@@H]1c1nc2ccccc2n(C)c1=O. The highest BCUT2D eigenvalue weighted by molar-refractivity contribution is 5.79. The van der Waals surface area contributed by atoms with Crippen LogP contribution in [0.3, 0.4) is 0 Å². The van der Waals surface area contributed by atoms with Crippen LogP contribution in [-0.4, -0.2) is 26.9 Å². The smallest absolute Gasteiger partial charge is 0.274 e. The summed E-state index contributed by atoms with van der Waals surface area (Å²) < 4.78 is 1.62. The number of hydrogen-bond acceptors (Lipinski definition) is 3. The van der Waals surface area contributed by atoms with E-state index in [-0.39, 0.29) is 17.5 Å². The second-order valence-electron chi connectivity index (χ2n) is 5.08. The number of rotatable bonds is 2. The van der Waals surface area contributed by atoms with Crippen molar-refractivity contribution in [3.63, 3.8) is 0 Å². The Morgan fingerprint density at radius 1 is 1.30 bits per heavy atom. The van der Waals surface area contributed by atoms with Crippen molar-refractivity contribution in [3.05, 3.63) is 40.3 Å². The van der Waals surface area contributed by atoms with E-state index in [4.69, 9.17) is 0 Å². The predicted molar refractivity (Wildman–Crippen MR) is 76.3 cm³/mol. The normalized spacial score (nSPS) is 19.0. The number of para-hydroxylation sites is 2. The molecule has 3 rings (SSSR count). The molecule has 104 valence electrons. The maximum Gasteiger partial charge on any atom is 0.274 e. The summed E-state index contributed by atoms with van der Waals surface area (Å²) in [5.74, 6) is 0.106. The molecule has 20 heavy (non-hydrogen) atoms. The summed E-state index contributed by atoms with van der Waals surface area (Å²) in [4.78, 5) is 30.6. The number of nitrogens with zero attached hydrogens (tertiary/aromatic N) is 3. The van der Waals surface area contributed by atoms with E-state index in [9.17, 15) is 9.59 Å². The zero-order valence-electron chi connectivity index (χ0n) is 11.7. The van der Waals surface area contributed by atoms with E-state index >= 15 is 0 Å². The van der Waals surface area contributed by atoms with Crippen LogP contribution in [0.4, 0.5) is 0 Å². The van der Waals surface area contributed by atoms with Crippen LogP contribution in [0.15, 0.2) is 29.1 Å². The summed E-state index contributed by atoms with van der Waals surface area (Å²) >= 11 is 0.